The second kappa shape index (κ2) is 11.7. The number of benzene rings is 1. The average Bonchev–Trinajstić information content (AvgIpc) is 3.70. The molecule has 0 radical (unpaired) electrons. The fourth-order valence-electron chi connectivity index (χ4n) is 6.59. The number of anilines is 2. The predicted molar refractivity (Wildman–Crippen MR) is 167 cm³/mol. The van der Waals surface area contributed by atoms with Crippen molar-refractivity contribution >= 4 is 28.5 Å². The first-order valence-corrected chi connectivity index (χ1v) is 15.7. The molecular formula is C34H37N7O2. The zero-order valence-corrected chi connectivity index (χ0v) is 24.7. The number of nitriles is 1. The SMILES string of the molecule is CCOC(=O)c1cc(-c2ccc(N3CCC(C#N)CC3)nc2)c2c(C3CCC3)nn(-c3cccc(N4CCCC4)c3)c2n1. The minimum Gasteiger partial charge on any atom is -0.461 e. The van der Waals surface area contributed by atoms with Crippen LogP contribution in [-0.2, 0) is 4.74 Å². The summed E-state index contributed by atoms with van der Waals surface area (Å²) >= 11 is 0. The Bertz CT molecular complexity index is 1670. The van der Waals surface area contributed by atoms with Crippen molar-refractivity contribution in [3.05, 3.63) is 60.0 Å². The van der Waals surface area contributed by atoms with E-state index in [1.807, 2.05) is 29.9 Å². The fourth-order valence-corrected chi connectivity index (χ4v) is 6.59. The number of rotatable bonds is 7. The molecule has 7 rings (SSSR count). The van der Waals surface area contributed by atoms with E-state index in [-0.39, 0.29) is 18.2 Å². The van der Waals surface area contributed by atoms with Crippen LogP contribution >= 0.6 is 0 Å². The van der Waals surface area contributed by atoms with Gasteiger partial charge in [0.15, 0.2) is 11.3 Å². The summed E-state index contributed by atoms with van der Waals surface area (Å²) in [4.78, 5) is 27.5. The number of carbonyl (C=O) groups excluding carboxylic acids is 1. The maximum Gasteiger partial charge on any atom is 0.357 e. The van der Waals surface area contributed by atoms with E-state index in [9.17, 15) is 10.1 Å². The van der Waals surface area contributed by atoms with Crippen LogP contribution in [0.4, 0.5) is 11.5 Å². The highest BCUT2D eigenvalue weighted by molar-refractivity contribution is 6.00. The second-order valence-electron chi connectivity index (χ2n) is 11.9. The van der Waals surface area contributed by atoms with Gasteiger partial charge in [-0.25, -0.2) is 19.4 Å². The van der Waals surface area contributed by atoms with Gasteiger partial charge >= 0.3 is 5.97 Å². The minimum absolute atomic E-state index is 0.124. The van der Waals surface area contributed by atoms with Gasteiger partial charge in [-0.05, 0) is 87.4 Å². The molecule has 2 saturated heterocycles. The highest BCUT2D eigenvalue weighted by Gasteiger charge is 2.30. The molecule has 4 aromatic rings. The zero-order valence-electron chi connectivity index (χ0n) is 24.7. The number of hydrogen-bond acceptors (Lipinski definition) is 8. The van der Waals surface area contributed by atoms with Crippen LogP contribution < -0.4 is 9.80 Å². The van der Waals surface area contributed by atoms with Crippen LogP contribution in [0, 0.1) is 17.2 Å². The number of fused-ring (bicyclic) bond motifs is 1. The molecule has 0 atom stereocenters. The van der Waals surface area contributed by atoms with E-state index >= 15 is 0 Å². The molecule has 0 spiro atoms. The molecule has 0 N–H and O–H groups in total. The molecule has 1 aliphatic carbocycles. The molecule has 3 fully saturated rings. The molecule has 220 valence electrons. The van der Waals surface area contributed by atoms with Crippen molar-refractivity contribution in [2.45, 2.75) is 57.8 Å². The van der Waals surface area contributed by atoms with Crippen LogP contribution in [0.1, 0.15) is 74.0 Å². The third kappa shape index (κ3) is 5.20. The molecule has 0 unspecified atom stereocenters. The quantitative estimate of drug-likeness (QED) is 0.238. The Morgan fingerprint density at radius 3 is 2.44 bits per heavy atom. The van der Waals surface area contributed by atoms with Gasteiger partial charge in [-0.2, -0.15) is 10.4 Å². The number of ether oxygens (including phenoxy) is 1. The highest BCUT2D eigenvalue weighted by atomic mass is 16.5. The Morgan fingerprint density at radius 1 is 0.977 bits per heavy atom. The third-order valence-corrected chi connectivity index (χ3v) is 9.25. The lowest BCUT2D eigenvalue weighted by Crippen LogP contribution is -2.33. The molecule has 43 heavy (non-hydrogen) atoms. The van der Waals surface area contributed by atoms with Gasteiger partial charge in [0.05, 0.1) is 29.4 Å². The molecule has 0 amide bonds. The van der Waals surface area contributed by atoms with Crippen LogP contribution in [0.25, 0.3) is 27.8 Å². The normalized spacial score (nSPS) is 17.7. The molecule has 3 aliphatic rings. The second-order valence-corrected chi connectivity index (χ2v) is 11.9. The van der Waals surface area contributed by atoms with Gasteiger partial charge in [0.1, 0.15) is 5.82 Å². The summed E-state index contributed by atoms with van der Waals surface area (Å²) in [6, 6.07) is 16.9. The number of hydrogen-bond donors (Lipinski definition) is 0. The van der Waals surface area contributed by atoms with Crippen LogP contribution in [0.15, 0.2) is 48.7 Å². The summed E-state index contributed by atoms with van der Waals surface area (Å²) in [5.41, 5.74) is 5.91. The Hall–Kier alpha value is -4.45. The molecular weight excluding hydrogens is 538 g/mol. The molecule has 5 heterocycles. The van der Waals surface area contributed by atoms with E-state index < -0.39 is 5.97 Å². The van der Waals surface area contributed by atoms with Gasteiger partial charge in [0, 0.05) is 55.5 Å². The maximum absolute atomic E-state index is 13.1. The molecule has 9 heteroatoms. The van der Waals surface area contributed by atoms with Crippen LogP contribution in [0.3, 0.4) is 0 Å². The van der Waals surface area contributed by atoms with Gasteiger partial charge in [-0.3, -0.25) is 0 Å². The number of carbonyl (C=O) groups is 1. The highest BCUT2D eigenvalue weighted by Crippen LogP contribution is 2.43. The van der Waals surface area contributed by atoms with Crippen molar-refractivity contribution in [1.29, 1.82) is 5.26 Å². The fraction of sp³-hybridized carbons (Fsp3) is 0.441. The van der Waals surface area contributed by atoms with Gasteiger partial charge in [0.25, 0.3) is 0 Å². The number of pyridine rings is 2. The van der Waals surface area contributed by atoms with Crippen LogP contribution in [-0.4, -0.2) is 58.5 Å². The molecule has 9 nitrogen and oxygen atoms in total. The van der Waals surface area contributed by atoms with E-state index in [4.69, 9.17) is 19.8 Å². The lowest BCUT2D eigenvalue weighted by Gasteiger charge is -2.30. The summed E-state index contributed by atoms with van der Waals surface area (Å²) < 4.78 is 7.35. The summed E-state index contributed by atoms with van der Waals surface area (Å²) in [6.07, 6.45) is 9.40. The van der Waals surface area contributed by atoms with E-state index in [0.717, 1.165) is 85.6 Å². The van der Waals surface area contributed by atoms with Gasteiger partial charge in [0.2, 0.25) is 0 Å². The largest absolute Gasteiger partial charge is 0.461 e. The Morgan fingerprint density at radius 2 is 1.77 bits per heavy atom. The third-order valence-electron chi connectivity index (χ3n) is 9.25. The minimum atomic E-state index is -0.445. The number of piperidine rings is 1. The number of aromatic nitrogens is 4. The summed E-state index contributed by atoms with van der Waals surface area (Å²) in [6.45, 7) is 5.86. The molecule has 0 bridgehead atoms. The van der Waals surface area contributed by atoms with Gasteiger partial charge in [-0.1, -0.05) is 12.5 Å². The van der Waals surface area contributed by atoms with Gasteiger partial charge in [-0.15, -0.1) is 0 Å². The summed E-state index contributed by atoms with van der Waals surface area (Å²) in [7, 11) is 0. The van der Waals surface area contributed by atoms with Crippen LogP contribution in [0.2, 0.25) is 0 Å². The Kier molecular flexibility index (Phi) is 7.44. The first kappa shape index (κ1) is 27.4. The van der Waals surface area contributed by atoms with Gasteiger partial charge < -0.3 is 14.5 Å². The van der Waals surface area contributed by atoms with E-state index in [1.165, 1.54) is 24.9 Å². The average molecular weight is 576 g/mol. The van der Waals surface area contributed by atoms with E-state index in [0.29, 0.717) is 11.6 Å². The lowest BCUT2D eigenvalue weighted by molar-refractivity contribution is 0.0520. The molecule has 1 saturated carbocycles. The number of nitrogens with zero attached hydrogens (tertiary/aromatic N) is 7. The van der Waals surface area contributed by atoms with Crippen molar-refractivity contribution in [2.75, 3.05) is 42.6 Å². The Balaban J connectivity index is 1.35. The first-order chi connectivity index (χ1) is 21.1. The number of esters is 1. The topological polar surface area (TPSA) is 100 Å². The standard InChI is InChI=1S/C34H37N7O2/c1-2-43-34(42)29-20-28(25-11-12-30(36-22-25)40-17-13-23(21-35)14-18-40)31-32(24-7-5-8-24)38-41(33(31)37-29)27-10-6-9-26(19-27)39-15-3-4-16-39/h6,9-12,19-20,22-24H,2-5,7-8,13-18H2,1H3. The van der Waals surface area contributed by atoms with Crippen molar-refractivity contribution in [1.82, 2.24) is 19.7 Å². The van der Waals surface area contributed by atoms with E-state index in [2.05, 4.69) is 46.2 Å². The Labute approximate surface area is 252 Å². The van der Waals surface area contributed by atoms with E-state index in [1.54, 1.807) is 0 Å². The van der Waals surface area contributed by atoms with Crippen molar-refractivity contribution in [3.8, 4) is 22.9 Å². The molecule has 1 aromatic carbocycles. The first-order valence-electron chi connectivity index (χ1n) is 15.7. The van der Waals surface area contributed by atoms with Crippen molar-refractivity contribution < 1.29 is 9.53 Å². The smallest absolute Gasteiger partial charge is 0.357 e. The lowest BCUT2D eigenvalue weighted by atomic mass is 9.81. The van der Waals surface area contributed by atoms with Crippen molar-refractivity contribution in [3.63, 3.8) is 0 Å². The summed E-state index contributed by atoms with van der Waals surface area (Å²) in [5.74, 6) is 0.941. The monoisotopic (exact) mass is 575 g/mol. The molecule has 2 aliphatic heterocycles. The molecule has 3 aromatic heterocycles. The van der Waals surface area contributed by atoms with Crippen molar-refractivity contribution in [2.24, 2.45) is 5.92 Å². The van der Waals surface area contributed by atoms with Crippen LogP contribution in [0.5, 0.6) is 0 Å². The maximum atomic E-state index is 13.1. The zero-order chi connectivity index (χ0) is 29.3. The summed E-state index contributed by atoms with van der Waals surface area (Å²) in [5, 5.41) is 15.5. The predicted octanol–water partition coefficient (Wildman–Crippen LogP) is 6.27.